The third-order valence-electron chi connectivity index (χ3n) is 3.01. The fourth-order valence-corrected chi connectivity index (χ4v) is 2.01. The van der Waals surface area contributed by atoms with Crippen molar-refractivity contribution in [3.63, 3.8) is 0 Å². The van der Waals surface area contributed by atoms with Crippen molar-refractivity contribution in [2.24, 2.45) is 11.7 Å². The van der Waals surface area contributed by atoms with Gasteiger partial charge >= 0.3 is 0 Å². The van der Waals surface area contributed by atoms with Crippen LogP contribution in [0, 0.1) is 5.92 Å². The van der Waals surface area contributed by atoms with E-state index >= 15 is 0 Å². The standard InChI is InChI=1S/C13H30N2O/c1-10(2)6-7-13(5,9-14)15-11(3)8-12(4)16/h10-12,15-16H,6-9,14H2,1-5H3. The van der Waals surface area contributed by atoms with Crippen molar-refractivity contribution in [2.45, 2.75) is 71.6 Å². The van der Waals surface area contributed by atoms with Gasteiger partial charge in [0.05, 0.1) is 6.10 Å². The van der Waals surface area contributed by atoms with Crippen molar-refractivity contribution in [3.05, 3.63) is 0 Å². The molecule has 16 heavy (non-hydrogen) atoms. The van der Waals surface area contributed by atoms with Crippen molar-refractivity contribution in [3.8, 4) is 0 Å². The third-order valence-corrected chi connectivity index (χ3v) is 3.01. The van der Waals surface area contributed by atoms with Crippen LogP contribution in [0.2, 0.25) is 0 Å². The Morgan fingerprint density at radius 2 is 1.81 bits per heavy atom. The average molecular weight is 230 g/mol. The maximum Gasteiger partial charge on any atom is 0.0526 e. The van der Waals surface area contributed by atoms with E-state index in [1.54, 1.807) is 0 Å². The molecule has 0 aromatic rings. The predicted octanol–water partition coefficient (Wildman–Crippen LogP) is 1.89. The highest BCUT2D eigenvalue weighted by Gasteiger charge is 2.24. The van der Waals surface area contributed by atoms with Gasteiger partial charge in [-0.25, -0.2) is 0 Å². The molecule has 3 nitrogen and oxygen atoms in total. The zero-order chi connectivity index (χ0) is 12.8. The fourth-order valence-electron chi connectivity index (χ4n) is 2.01. The van der Waals surface area contributed by atoms with Gasteiger partial charge in [0.15, 0.2) is 0 Å². The van der Waals surface area contributed by atoms with E-state index in [9.17, 15) is 5.11 Å². The van der Waals surface area contributed by atoms with E-state index in [0.717, 1.165) is 12.8 Å². The van der Waals surface area contributed by atoms with Gasteiger partial charge < -0.3 is 16.2 Å². The Bertz CT molecular complexity index is 183. The van der Waals surface area contributed by atoms with Crippen LogP contribution in [0.15, 0.2) is 0 Å². The van der Waals surface area contributed by atoms with E-state index < -0.39 is 0 Å². The molecule has 4 N–H and O–H groups in total. The van der Waals surface area contributed by atoms with E-state index in [2.05, 4.69) is 33.0 Å². The molecule has 0 aromatic carbocycles. The summed E-state index contributed by atoms with van der Waals surface area (Å²) in [5.74, 6) is 0.708. The smallest absolute Gasteiger partial charge is 0.0526 e. The quantitative estimate of drug-likeness (QED) is 0.597. The van der Waals surface area contributed by atoms with Crippen molar-refractivity contribution >= 4 is 0 Å². The molecule has 3 heteroatoms. The van der Waals surface area contributed by atoms with Crippen LogP contribution in [0.25, 0.3) is 0 Å². The van der Waals surface area contributed by atoms with E-state index in [1.165, 1.54) is 6.42 Å². The number of hydrogen-bond acceptors (Lipinski definition) is 3. The van der Waals surface area contributed by atoms with Gasteiger partial charge in [0.25, 0.3) is 0 Å². The molecule has 0 aliphatic rings. The van der Waals surface area contributed by atoms with Crippen LogP contribution in [-0.2, 0) is 0 Å². The molecule has 0 heterocycles. The second-order valence-corrected chi connectivity index (χ2v) is 5.83. The molecule has 0 spiro atoms. The summed E-state index contributed by atoms with van der Waals surface area (Å²) in [4.78, 5) is 0. The lowest BCUT2D eigenvalue weighted by molar-refractivity contribution is 0.158. The first-order chi connectivity index (χ1) is 7.29. The fraction of sp³-hybridized carbons (Fsp3) is 1.00. The third kappa shape index (κ3) is 7.20. The number of hydrogen-bond donors (Lipinski definition) is 3. The molecule has 0 radical (unpaired) electrons. The highest BCUT2D eigenvalue weighted by atomic mass is 16.3. The maximum atomic E-state index is 9.34. The molecule has 0 aliphatic heterocycles. The summed E-state index contributed by atoms with van der Waals surface area (Å²) in [6.07, 6.45) is 2.79. The Morgan fingerprint density at radius 3 is 2.19 bits per heavy atom. The molecule has 0 aromatic heterocycles. The minimum Gasteiger partial charge on any atom is -0.393 e. The molecule has 0 rings (SSSR count). The molecule has 0 bridgehead atoms. The lowest BCUT2D eigenvalue weighted by atomic mass is 9.90. The first-order valence-electron chi connectivity index (χ1n) is 6.45. The lowest BCUT2D eigenvalue weighted by Gasteiger charge is -2.34. The molecule has 0 aliphatic carbocycles. The first-order valence-corrected chi connectivity index (χ1v) is 6.45. The Hall–Kier alpha value is -0.120. The first kappa shape index (κ1) is 15.9. The monoisotopic (exact) mass is 230 g/mol. The van der Waals surface area contributed by atoms with Gasteiger partial charge in [0, 0.05) is 18.1 Å². The van der Waals surface area contributed by atoms with Gasteiger partial charge in [0.2, 0.25) is 0 Å². The predicted molar refractivity (Wildman–Crippen MR) is 70.4 cm³/mol. The van der Waals surface area contributed by atoms with Crippen LogP contribution in [0.3, 0.4) is 0 Å². The minimum atomic E-state index is -0.255. The van der Waals surface area contributed by atoms with Gasteiger partial charge in [0.1, 0.15) is 0 Å². The van der Waals surface area contributed by atoms with Gasteiger partial charge in [-0.15, -0.1) is 0 Å². The summed E-state index contributed by atoms with van der Waals surface area (Å²) in [7, 11) is 0. The van der Waals surface area contributed by atoms with Crippen LogP contribution in [-0.4, -0.2) is 29.3 Å². The van der Waals surface area contributed by atoms with E-state index in [4.69, 9.17) is 5.73 Å². The highest BCUT2D eigenvalue weighted by Crippen LogP contribution is 2.17. The van der Waals surface area contributed by atoms with Crippen LogP contribution in [0.4, 0.5) is 0 Å². The van der Waals surface area contributed by atoms with E-state index in [1.807, 2.05) is 6.92 Å². The van der Waals surface area contributed by atoms with Crippen LogP contribution in [0.1, 0.15) is 53.9 Å². The number of aliphatic hydroxyl groups is 1. The van der Waals surface area contributed by atoms with Gasteiger partial charge in [-0.05, 0) is 46.0 Å². The molecule has 0 amide bonds. The Labute approximate surface area is 101 Å². The maximum absolute atomic E-state index is 9.34. The number of rotatable bonds is 8. The molecule has 3 atom stereocenters. The van der Waals surface area contributed by atoms with Crippen molar-refractivity contribution in [1.29, 1.82) is 0 Å². The molecule has 98 valence electrons. The summed E-state index contributed by atoms with van der Waals surface area (Å²) in [5, 5.41) is 12.9. The number of nitrogens with one attached hydrogen (secondary N) is 1. The Balaban J connectivity index is 4.13. The number of aliphatic hydroxyl groups excluding tert-OH is 1. The summed E-state index contributed by atoms with van der Waals surface area (Å²) in [6.45, 7) is 11.2. The second kappa shape index (κ2) is 7.25. The minimum absolute atomic E-state index is 0.00141. The summed E-state index contributed by atoms with van der Waals surface area (Å²) >= 11 is 0. The van der Waals surface area contributed by atoms with Crippen LogP contribution < -0.4 is 11.1 Å². The summed E-state index contributed by atoms with van der Waals surface area (Å²) < 4.78 is 0. The average Bonchev–Trinajstić information content (AvgIpc) is 2.13. The highest BCUT2D eigenvalue weighted by molar-refractivity contribution is 4.87. The van der Waals surface area contributed by atoms with Crippen molar-refractivity contribution in [2.75, 3.05) is 6.54 Å². The van der Waals surface area contributed by atoms with Crippen molar-refractivity contribution < 1.29 is 5.11 Å². The lowest BCUT2D eigenvalue weighted by Crippen LogP contribution is -2.52. The van der Waals surface area contributed by atoms with E-state index in [0.29, 0.717) is 18.5 Å². The number of nitrogens with two attached hydrogens (primary N) is 1. The molecule has 0 saturated heterocycles. The molecular formula is C13H30N2O. The molecular weight excluding hydrogens is 200 g/mol. The van der Waals surface area contributed by atoms with Crippen LogP contribution in [0.5, 0.6) is 0 Å². The van der Waals surface area contributed by atoms with Crippen molar-refractivity contribution in [1.82, 2.24) is 5.32 Å². The zero-order valence-electron chi connectivity index (χ0n) is 11.6. The van der Waals surface area contributed by atoms with Gasteiger partial charge in [-0.3, -0.25) is 0 Å². The van der Waals surface area contributed by atoms with Gasteiger partial charge in [-0.1, -0.05) is 13.8 Å². The molecule has 3 unspecified atom stereocenters. The largest absolute Gasteiger partial charge is 0.393 e. The Kier molecular flexibility index (Phi) is 7.20. The molecule has 0 saturated carbocycles. The topological polar surface area (TPSA) is 58.3 Å². The normalized spacial score (nSPS) is 19.5. The Morgan fingerprint density at radius 1 is 1.25 bits per heavy atom. The van der Waals surface area contributed by atoms with E-state index in [-0.39, 0.29) is 11.6 Å². The van der Waals surface area contributed by atoms with Crippen LogP contribution >= 0.6 is 0 Å². The SMILES string of the molecule is CC(C)CCC(C)(CN)NC(C)CC(C)O. The summed E-state index contributed by atoms with van der Waals surface area (Å²) in [5.41, 5.74) is 5.85. The zero-order valence-corrected chi connectivity index (χ0v) is 11.6. The second-order valence-electron chi connectivity index (χ2n) is 5.83. The summed E-state index contributed by atoms with van der Waals surface area (Å²) in [6, 6.07) is 0.306. The van der Waals surface area contributed by atoms with Gasteiger partial charge in [-0.2, -0.15) is 0 Å². The molecule has 0 fully saturated rings.